The number of benzene rings is 3. The zero-order valence-electron chi connectivity index (χ0n) is 17.0. The summed E-state index contributed by atoms with van der Waals surface area (Å²) < 4.78 is 10.6. The summed E-state index contributed by atoms with van der Waals surface area (Å²) >= 11 is 0. The summed E-state index contributed by atoms with van der Waals surface area (Å²) in [4.78, 5) is 38.5. The van der Waals surface area contributed by atoms with E-state index in [-0.39, 0.29) is 25.0 Å². The summed E-state index contributed by atoms with van der Waals surface area (Å²) in [6.45, 7) is 1.04. The normalized spacial score (nSPS) is 15.6. The smallest absolute Gasteiger partial charge is 0.344 e. The topological polar surface area (TPSA) is 84.9 Å². The average molecular weight is 418 g/mol. The molecule has 0 aromatic heterocycles. The Morgan fingerprint density at radius 2 is 1.74 bits per heavy atom. The fourth-order valence-electron chi connectivity index (χ4n) is 3.62. The summed E-state index contributed by atoms with van der Waals surface area (Å²) in [5.74, 6) is -0.681. The van der Waals surface area contributed by atoms with Crippen molar-refractivity contribution in [2.75, 3.05) is 23.4 Å². The lowest BCUT2D eigenvalue weighted by Crippen LogP contribution is -2.41. The van der Waals surface area contributed by atoms with Crippen LogP contribution < -0.4 is 15.0 Å². The van der Waals surface area contributed by atoms with E-state index in [0.29, 0.717) is 17.1 Å². The van der Waals surface area contributed by atoms with Crippen molar-refractivity contribution in [1.82, 2.24) is 0 Å². The van der Waals surface area contributed by atoms with E-state index >= 15 is 0 Å². The van der Waals surface area contributed by atoms with Crippen molar-refractivity contribution < 1.29 is 23.9 Å². The Labute approximate surface area is 179 Å². The van der Waals surface area contributed by atoms with Crippen LogP contribution in [-0.2, 0) is 19.1 Å². The standard InChI is InChI=1S/C24H22N2O5/c1-16-12-22(27)25-20-8-4-5-9-21(20)26(16)23(28)14-31-24(29)15-30-19-11-10-17-6-2-3-7-18(17)13-19/h2-11,13,16H,12,14-15H2,1H3,(H,25,27)/t16-/m0/s1. The lowest BCUT2D eigenvalue weighted by Gasteiger charge is -2.27. The third-order valence-corrected chi connectivity index (χ3v) is 5.06. The molecule has 1 aliphatic rings. The number of carbonyl (C=O) groups excluding carboxylic acids is 3. The van der Waals surface area contributed by atoms with Gasteiger partial charge in [0.15, 0.2) is 13.2 Å². The number of hydrogen-bond donors (Lipinski definition) is 1. The van der Waals surface area contributed by atoms with Crippen LogP contribution in [0.1, 0.15) is 13.3 Å². The molecule has 0 unspecified atom stereocenters. The highest BCUT2D eigenvalue weighted by Crippen LogP contribution is 2.31. The Hall–Kier alpha value is -3.87. The molecule has 0 saturated heterocycles. The van der Waals surface area contributed by atoms with E-state index in [9.17, 15) is 14.4 Å². The van der Waals surface area contributed by atoms with Gasteiger partial charge in [0.1, 0.15) is 5.75 Å². The molecular formula is C24H22N2O5. The minimum Gasteiger partial charge on any atom is -0.482 e. The Kier molecular flexibility index (Phi) is 5.84. The first-order chi connectivity index (χ1) is 15.0. The van der Waals surface area contributed by atoms with Crippen LogP contribution in [0.25, 0.3) is 10.8 Å². The van der Waals surface area contributed by atoms with Crippen molar-refractivity contribution in [1.29, 1.82) is 0 Å². The first-order valence-electron chi connectivity index (χ1n) is 9.99. The van der Waals surface area contributed by atoms with E-state index in [1.54, 1.807) is 37.3 Å². The molecule has 3 aromatic carbocycles. The van der Waals surface area contributed by atoms with Gasteiger partial charge in [-0.05, 0) is 42.0 Å². The number of para-hydroxylation sites is 2. The van der Waals surface area contributed by atoms with E-state index in [2.05, 4.69) is 5.32 Å². The van der Waals surface area contributed by atoms with Gasteiger partial charge < -0.3 is 19.7 Å². The van der Waals surface area contributed by atoms with Gasteiger partial charge in [0.2, 0.25) is 5.91 Å². The molecule has 0 aliphatic carbocycles. The lowest BCUT2D eigenvalue weighted by molar-refractivity contribution is -0.149. The summed E-state index contributed by atoms with van der Waals surface area (Å²) in [6.07, 6.45) is 0.152. The fraction of sp³-hybridized carbons (Fsp3) is 0.208. The van der Waals surface area contributed by atoms with E-state index in [4.69, 9.17) is 9.47 Å². The van der Waals surface area contributed by atoms with Crippen LogP contribution in [0.15, 0.2) is 66.7 Å². The molecule has 4 rings (SSSR count). The molecule has 0 fully saturated rings. The fourth-order valence-corrected chi connectivity index (χ4v) is 3.62. The molecule has 158 valence electrons. The number of hydrogen-bond acceptors (Lipinski definition) is 5. The summed E-state index contributed by atoms with van der Waals surface area (Å²) in [5.41, 5.74) is 1.13. The van der Waals surface area contributed by atoms with Gasteiger partial charge >= 0.3 is 5.97 Å². The van der Waals surface area contributed by atoms with Crippen molar-refractivity contribution in [2.24, 2.45) is 0 Å². The summed E-state index contributed by atoms with van der Waals surface area (Å²) in [7, 11) is 0. The highest BCUT2D eigenvalue weighted by molar-refractivity contribution is 6.05. The first kappa shape index (κ1) is 20.4. The predicted molar refractivity (Wildman–Crippen MR) is 117 cm³/mol. The quantitative estimate of drug-likeness (QED) is 0.641. The lowest BCUT2D eigenvalue weighted by atomic mass is 10.1. The first-order valence-corrected chi connectivity index (χ1v) is 9.99. The van der Waals surface area contributed by atoms with Gasteiger partial charge in [-0.2, -0.15) is 0 Å². The Morgan fingerprint density at radius 1 is 1.00 bits per heavy atom. The minimum absolute atomic E-state index is 0.152. The number of nitrogens with one attached hydrogen (secondary N) is 1. The van der Waals surface area contributed by atoms with Crippen LogP contribution in [0.2, 0.25) is 0 Å². The van der Waals surface area contributed by atoms with Crippen molar-refractivity contribution >= 4 is 39.9 Å². The SMILES string of the molecule is C[C@H]1CC(=O)Nc2ccccc2N1C(=O)COC(=O)COc1ccc2ccccc2c1. The third kappa shape index (κ3) is 4.66. The van der Waals surface area contributed by atoms with E-state index < -0.39 is 18.5 Å². The van der Waals surface area contributed by atoms with E-state index in [1.165, 1.54) is 4.90 Å². The molecule has 3 aromatic rings. The molecule has 1 heterocycles. The van der Waals surface area contributed by atoms with Gasteiger partial charge in [0.25, 0.3) is 5.91 Å². The molecule has 2 amide bonds. The summed E-state index contributed by atoms with van der Waals surface area (Å²) in [5, 5.41) is 4.87. The molecular weight excluding hydrogens is 396 g/mol. The number of fused-ring (bicyclic) bond motifs is 2. The highest BCUT2D eigenvalue weighted by atomic mass is 16.6. The van der Waals surface area contributed by atoms with Gasteiger partial charge in [-0.15, -0.1) is 0 Å². The van der Waals surface area contributed by atoms with Gasteiger partial charge in [-0.1, -0.05) is 42.5 Å². The second-order valence-electron chi connectivity index (χ2n) is 7.34. The average Bonchev–Trinajstić information content (AvgIpc) is 2.90. The van der Waals surface area contributed by atoms with Crippen molar-refractivity contribution in [2.45, 2.75) is 19.4 Å². The van der Waals surface area contributed by atoms with Gasteiger partial charge in [-0.25, -0.2) is 4.79 Å². The molecule has 1 N–H and O–H groups in total. The second-order valence-corrected chi connectivity index (χ2v) is 7.34. The number of carbonyl (C=O) groups is 3. The molecule has 0 radical (unpaired) electrons. The van der Waals surface area contributed by atoms with Gasteiger partial charge in [-0.3, -0.25) is 9.59 Å². The Bertz CT molecular complexity index is 1140. The van der Waals surface area contributed by atoms with Gasteiger partial charge in [0.05, 0.1) is 11.4 Å². The number of esters is 1. The molecule has 0 bridgehead atoms. The molecule has 0 spiro atoms. The Balaban J connectivity index is 1.36. The maximum Gasteiger partial charge on any atom is 0.344 e. The van der Waals surface area contributed by atoms with Crippen LogP contribution in [0.5, 0.6) is 5.75 Å². The van der Waals surface area contributed by atoms with Crippen molar-refractivity contribution in [3.8, 4) is 5.75 Å². The molecule has 31 heavy (non-hydrogen) atoms. The minimum atomic E-state index is -0.647. The van der Waals surface area contributed by atoms with Crippen LogP contribution >= 0.6 is 0 Å². The van der Waals surface area contributed by atoms with Crippen molar-refractivity contribution in [3.63, 3.8) is 0 Å². The molecule has 0 saturated carbocycles. The molecule has 1 atom stereocenters. The zero-order valence-corrected chi connectivity index (χ0v) is 17.0. The zero-order chi connectivity index (χ0) is 21.8. The second kappa shape index (κ2) is 8.87. The highest BCUT2D eigenvalue weighted by Gasteiger charge is 2.30. The van der Waals surface area contributed by atoms with Crippen LogP contribution in [0.4, 0.5) is 11.4 Å². The maximum absolute atomic E-state index is 12.8. The van der Waals surface area contributed by atoms with E-state index in [1.807, 2.05) is 36.4 Å². The van der Waals surface area contributed by atoms with Gasteiger partial charge in [0, 0.05) is 12.5 Å². The number of rotatable bonds is 5. The number of nitrogens with zero attached hydrogens (tertiary/aromatic N) is 1. The molecule has 7 nitrogen and oxygen atoms in total. The van der Waals surface area contributed by atoms with E-state index in [0.717, 1.165) is 10.8 Å². The molecule has 7 heteroatoms. The molecule has 1 aliphatic heterocycles. The number of anilines is 2. The number of ether oxygens (including phenoxy) is 2. The largest absolute Gasteiger partial charge is 0.482 e. The summed E-state index contributed by atoms with van der Waals surface area (Å²) in [6, 6.07) is 20.0. The van der Waals surface area contributed by atoms with Crippen LogP contribution in [-0.4, -0.2) is 37.0 Å². The number of amides is 2. The Morgan fingerprint density at radius 3 is 2.58 bits per heavy atom. The van der Waals surface area contributed by atoms with Crippen LogP contribution in [0.3, 0.4) is 0 Å². The van der Waals surface area contributed by atoms with Crippen LogP contribution in [0, 0.1) is 0 Å². The predicted octanol–water partition coefficient (Wildman–Crippen LogP) is 3.53. The third-order valence-electron chi connectivity index (χ3n) is 5.06. The monoisotopic (exact) mass is 418 g/mol. The maximum atomic E-state index is 12.8. The van der Waals surface area contributed by atoms with Crippen molar-refractivity contribution in [3.05, 3.63) is 66.7 Å².